The normalized spacial score (nSPS) is 13.0. The van der Waals surface area contributed by atoms with Gasteiger partial charge >= 0.3 is 12.2 Å². The van der Waals surface area contributed by atoms with Crippen LogP contribution in [0.2, 0.25) is 0 Å². The fraction of sp³-hybridized carbons (Fsp3) is 0.310. The van der Waals surface area contributed by atoms with Crippen molar-refractivity contribution in [2.24, 2.45) is 4.36 Å². The second-order valence-corrected chi connectivity index (χ2v) is 13.2. The highest BCUT2D eigenvalue weighted by molar-refractivity contribution is 7.93. The van der Waals surface area contributed by atoms with E-state index in [0.29, 0.717) is 11.4 Å². The van der Waals surface area contributed by atoms with Gasteiger partial charge in [-0.1, -0.05) is 6.07 Å². The summed E-state index contributed by atoms with van der Waals surface area (Å²) in [4.78, 5) is 42.0. The molecular weight excluding hydrogens is 532 g/mol. The van der Waals surface area contributed by atoms with E-state index in [1.54, 1.807) is 72.1 Å². The molecule has 212 valence electrons. The molecule has 11 heteroatoms. The minimum atomic E-state index is -3.10. The van der Waals surface area contributed by atoms with Crippen molar-refractivity contribution in [1.82, 2.24) is 4.98 Å². The molecule has 3 aromatic rings. The first kappa shape index (κ1) is 30.3. The molecule has 0 bridgehead atoms. The molecule has 3 amide bonds. The predicted octanol–water partition coefficient (Wildman–Crippen LogP) is 6.74. The molecular formula is C29H34N4O6S. The Kier molecular flexibility index (Phi) is 8.99. The molecule has 0 fully saturated rings. The van der Waals surface area contributed by atoms with Gasteiger partial charge in [-0.15, -0.1) is 4.36 Å². The lowest BCUT2D eigenvalue weighted by Crippen LogP contribution is -2.27. The van der Waals surface area contributed by atoms with Gasteiger partial charge in [0.25, 0.3) is 5.91 Å². The van der Waals surface area contributed by atoms with Gasteiger partial charge in [-0.2, -0.15) is 0 Å². The van der Waals surface area contributed by atoms with Crippen LogP contribution >= 0.6 is 0 Å². The Labute approximate surface area is 234 Å². The minimum absolute atomic E-state index is 0.258. The van der Waals surface area contributed by atoms with E-state index < -0.39 is 39.0 Å². The number of ether oxygens (including phenoxy) is 2. The topological polar surface area (TPSA) is 136 Å². The van der Waals surface area contributed by atoms with Crippen LogP contribution in [0.3, 0.4) is 0 Å². The van der Waals surface area contributed by atoms with E-state index in [1.165, 1.54) is 30.5 Å². The summed E-state index contributed by atoms with van der Waals surface area (Å²) in [6.07, 6.45) is 3.04. The zero-order chi connectivity index (χ0) is 29.7. The molecule has 40 heavy (non-hydrogen) atoms. The van der Waals surface area contributed by atoms with Gasteiger partial charge in [-0.05, 0) is 101 Å². The third-order valence-electron chi connectivity index (χ3n) is 5.11. The summed E-state index contributed by atoms with van der Waals surface area (Å²) >= 11 is 0. The fourth-order valence-corrected chi connectivity index (χ4v) is 4.49. The first-order chi connectivity index (χ1) is 18.5. The number of amides is 3. The van der Waals surface area contributed by atoms with Crippen LogP contribution in [0, 0.1) is 0 Å². The van der Waals surface area contributed by atoms with Crippen molar-refractivity contribution < 1.29 is 28.1 Å². The van der Waals surface area contributed by atoms with E-state index >= 15 is 0 Å². The fourth-order valence-electron chi connectivity index (χ4n) is 3.42. The number of anilines is 2. The van der Waals surface area contributed by atoms with Gasteiger partial charge in [0.15, 0.2) is 0 Å². The molecule has 0 saturated carbocycles. The number of carbonyl (C=O) groups excluding carboxylic acids is 3. The Hall–Kier alpha value is -4.25. The Bertz CT molecular complexity index is 1510. The zero-order valence-electron chi connectivity index (χ0n) is 23.6. The Morgan fingerprint density at radius 3 is 1.95 bits per heavy atom. The minimum Gasteiger partial charge on any atom is -0.444 e. The second kappa shape index (κ2) is 11.9. The highest BCUT2D eigenvalue weighted by Crippen LogP contribution is 2.30. The third-order valence-corrected chi connectivity index (χ3v) is 6.76. The van der Waals surface area contributed by atoms with E-state index in [2.05, 4.69) is 20.0 Å². The number of nitrogens with one attached hydrogen (secondary N) is 2. The standard InChI is InChI=1S/C29H34N4O6S/c1-28(2,3)38-26(35)32-23-13-10-21(19-14-16-30-17-15-19)18-24(23)31-25(34)20-8-11-22(12-9-20)40(7,37)33-27(36)39-29(4,5)6/h8-18H,1-7H3,(H,31,34)(H,32,35). The smallest absolute Gasteiger partial charge is 0.442 e. The third kappa shape index (κ3) is 8.91. The van der Waals surface area contributed by atoms with Crippen molar-refractivity contribution in [1.29, 1.82) is 0 Å². The zero-order valence-corrected chi connectivity index (χ0v) is 24.4. The summed E-state index contributed by atoms with van der Waals surface area (Å²) < 4.78 is 27.3. The lowest BCUT2D eigenvalue weighted by molar-refractivity contribution is 0.0603. The van der Waals surface area contributed by atoms with E-state index in [1.807, 2.05) is 12.1 Å². The summed E-state index contributed by atoms with van der Waals surface area (Å²) in [5.41, 5.74) is 1.11. The Morgan fingerprint density at radius 2 is 1.38 bits per heavy atom. The van der Waals surface area contributed by atoms with Gasteiger partial charge in [0.2, 0.25) is 0 Å². The molecule has 3 rings (SSSR count). The second-order valence-electron chi connectivity index (χ2n) is 11.0. The lowest BCUT2D eigenvalue weighted by atomic mass is 10.1. The maximum atomic E-state index is 13.2. The number of hydrogen-bond donors (Lipinski definition) is 2. The summed E-state index contributed by atoms with van der Waals surface area (Å²) in [5.74, 6) is -0.475. The number of carbonyl (C=O) groups is 3. The van der Waals surface area contributed by atoms with Crippen LogP contribution in [0.5, 0.6) is 0 Å². The largest absolute Gasteiger partial charge is 0.444 e. The monoisotopic (exact) mass is 566 g/mol. The highest BCUT2D eigenvalue weighted by Gasteiger charge is 2.20. The van der Waals surface area contributed by atoms with Gasteiger partial charge in [-0.25, -0.2) is 13.8 Å². The number of benzene rings is 2. The number of pyridine rings is 1. The number of nitrogens with zero attached hydrogens (tertiary/aromatic N) is 2. The van der Waals surface area contributed by atoms with Crippen LogP contribution < -0.4 is 10.6 Å². The molecule has 10 nitrogen and oxygen atoms in total. The van der Waals surface area contributed by atoms with Gasteiger partial charge < -0.3 is 14.8 Å². The van der Waals surface area contributed by atoms with Gasteiger partial charge in [0.05, 0.1) is 21.1 Å². The molecule has 0 spiro atoms. The van der Waals surface area contributed by atoms with E-state index in [-0.39, 0.29) is 10.5 Å². The molecule has 2 N–H and O–H groups in total. The van der Waals surface area contributed by atoms with E-state index in [4.69, 9.17) is 9.47 Å². The first-order valence-corrected chi connectivity index (χ1v) is 14.4. The SMILES string of the molecule is CC(C)(C)OC(=O)N=S(C)(=O)c1ccc(C(=O)Nc2cc(-c3ccncc3)ccc2NC(=O)OC(C)(C)C)cc1. The number of aromatic nitrogens is 1. The number of hydrogen-bond acceptors (Lipinski definition) is 7. The van der Waals surface area contributed by atoms with Crippen molar-refractivity contribution >= 4 is 39.2 Å². The van der Waals surface area contributed by atoms with Crippen LogP contribution in [0.1, 0.15) is 51.9 Å². The Morgan fingerprint density at radius 1 is 0.775 bits per heavy atom. The summed E-state index contributed by atoms with van der Waals surface area (Å²) in [7, 11) is -3.10. The van der Waals surface area contributed by atoms with Crippen LogP contribution in [-0.4, -0.2) is 44.7 Å². The molecule has 1 unspecified atom stereocenters. The first-order valence-electron chi connectivity index (χ1n) is 12.4. The molecule has 1 aromatic heterocycles. The van der Waals surface area contributed by atoms with Gasteiger partial charge in [0.1, 0.15) is 11.2 Å². The van der Waals surface area contributed by atoms with Crippen LogP contribution in [0.15, 0.2) is 76.2 Å². The van der Waals surface area contributed by atoms with E-state index in [9.17, 15) is 18.6 Å². The molecule has 0 aliphatic carbocycles. The predicted molar refractivity (Wildman–Crippen MR) is 155 cm³/mol. The number of rotatable bonds is 5. The van der Waals surface area contributed by atoms with Crippen LogP contribution in [0.4, 0.5) is 21.0 Å². The highest BCUT2D eigenvalue weighted by atomic mass is 32.2. The summed E-state index contributed by atoms with van der Waals surface area (Å²) in [6.45, 7) is 10.3. The molecule has 1 atom stereocenters. The molecule has 0 saturated heterocycles. The molecule has 1 heterocycles. The van der Waals surface area contributed by atoms with Crippen molar-refractivity contribution in [3.05, 3.63) is 72.6 Å². The summed E-state index contributed by atoms with van der Waals surface area (Å²) in [5, 5.41) is 5.51. The summed E-state index contributed by atoms with van der Waals surface area (Å²) in [6, 6.07) is 14.7. The van der Waals surface area contributed by atoms with Crippen molar-refractivity contribution in [2.45, 2.75) is 57.6 Å². The van der Waals surface area contributed by atoms with Gasteiger partial charge in [-0.3, -0.25) is 15.1 Å². The van der Waals surface area contributed by atoms with Crippen LogP contribution in [-0.2, 0) is 19.2 Å². The van der Waals surface area contributed by atoms with Crippen molar-refractivity contribution in [2.75, 3.05) is 16.9 Å². The molecule has 2 aromatic carbocycles. The van der Waals surface area contributed by atoms with Gasteiger partial charge in [0, 0.05) is 29.1 Å². The Balaban J connectivity index is 1.88. The molecule has 0 aliphatic heterocycles. The van der Waals surface area contributed by atoms with Crippen molar-refractivity contribution in [3.8, 4) is 11.1 Å². The average Bonchev–Trinajstić information content (AvgIpc) is 2.83. The quantitative estimate of drug-likeness (QED) is 0.349. The van der Waals surface area contributed by atoms with Crippen LogP contribution in [0.25, 0.3) is 11.1 Å². The molecule has 0 radical (unpaired) electrons. The molecule has 0 aliphatic rings. The average molecular weight is 567 g/mol. The lowest BCUT2D eigenvalue weighted by Gasteiger charge is -2.21. The van der Waals surface area contributed by atoms with Crippen molar-refractivity contribution in [3.63, 3.8) is 0 Å². The maximum absolute atomic E-state index is 13.2. The van der Waals surface area contributed by atoms with E-state index in [0.717, 1.165) is 11.1 Å². The maximum Gasteiger partial charge on any atom is 0.442 e.